The third-order valence-electron chi connectivity index (χ3n) is 7.48. The third kappa shape index (κ3) is 4.92. The maximum atomic E-state index is 13.2. The summed E-state index contributed by atoms with van der Waals surface area (Å²) in [5.41, 5.74) is 0.741. The molecule has 0 radical (unpaired) electrons. The van der Waals surface area contributed by atoms with E-state index in [1.807, 2.05) is 6.92 Å². The maximum Gasteiger partial charge on any atom is 0.353 e. The molecule has 3 heterocycles. The first-order chi connectivity index (χ1) is 17.8. The minimum Gasteiger partial charge on any atom is -0.496 e. The molecule has 1 aromatic carbocycles. The summed E-state index contributed by atoms with van der Waals surface area (Å²) in [7, 11) is 0.879. The van der Waals surface area contributed by atoms with Gasteiger partial charge < -0.3 is 25.0 Å². The fraction of sp³-hybridized carbons (Fsp3) is 0.560. The fourth-order valence-corrected chi connectivity index (χ4v) is 8.28. The van der Waals surface area contributed by atoms with Crippen LogP contribution >= 0.6 is 11.8 Å². The Labute approximate surface area is 228 Å². The highest BCUT2D eigenvalue weighted by molar-refractivity contribution is 8.03. The molecule has 0 saturated carbocycles. The fourth-order valence-electron chi connectivity index (χ4n) is 5.52. The third-order valence-corrected chi connectivity index (χ3v) is 10.6. The molecule has 6 atom stereocenters. The van der Waals surface area contributed by atoms with Gasteiger partial charge >= 0.3 is 5.97 Å². The Morgan fingerprint density at radius 3 is 2.63 bits per heavy atom. The molecule has 1 aromatic rings. The lowest BCUT2D eigenvalue weighted by Gasteiger charge is -2.47. The largest absolute Gasteiger partial charge is 0.496 e. The number of fused-ring (bicyclic) bond motifs is 1. The van der Waals surface area contributed by atoms with Crippen molar-refractivity contribution in [3.05, 3.63) is 34.4 Å². The molecule has 0 spiro atoms. The number of carbonyl (C=O) groups excluding carboxylic acids is 2. The standard InChI is InChI=1S/C25H34N4O7S2.H2/c1-12-7-8-16(10-18(12)36-6)38(34,35)27-14(3)19-20-13(2)22(21(25(32)33)29(20)24(19)31)37-15-9-17(26-11-15)23(30)28(4)5;/h7-8,10,13-15,17,19-20,26-27H,9,11H2,1-6H3,(H,32,33);1H/t13-,14-,15+,17+,19-,20?;/m1./s1. The normalized spacial score (nSPS) is 27.7. The zero-order chi connectivity index (χ0) is 28.1. The summed E-state index contributed by atoms with van der Waals surface area (Å²) < 4.78 is 34.1. The van der Waals surface area contributed by atoms with Crippen LogP contribution in [-0.2, 0) is 24.4 Å². The van der Waals surface area contributed by atoms with Gasteiger partial charge in [0.25, 0.3) is 0 Å². The van der Waals surface area contributed by atoms with E-state index < -0.39 is 39.9 Å². The number of benzene rings is 1. The average molecular weight is 569 g/mol. The monoisotopic (exact) mass is 568 g/mol. The lowest BCUT2D eigenvalue weighted by molar-refractivity contribution is -0.157. The first-order valence-electron chi connectivity index (χ1n) is 12.4. The first-order valence-corrected chi connectivity index (χ1v) is 14.7. The number of nitrogens with one attached hydrogen (secondary N) is 2. The number of rotatable bonds is 9. The Hall–Kier alpha value is -2.61. The van der Waals surface area contributed by atoms with Gasteiger partial charge in [0.2, 0.25) is 21.8 Å². The molecule has 4 rings (SSSR count). The lowest BCUT2D eigenvalue weighted by atomic mass is 9.78. The number of nitrogens with zero attached hydrogens (tertiary/aromatic N) is 2. The van der Waals surface area contributed by atoms with E-state index >= 15 is 0 Å². The number of thioether (sulfide) groups is 1. The number of carboxylic acid groups (broad SMARTS) is 1. The van der Waals surface area contributed by atoms with Crippen molar-refractivity contribution in [2.75, 3.05) is 27.7 Å². The van der Waals surface area contributed by atoms with Crippen molar-refractivity contribution < 1.29 is 34.1 Å². The van der Waals surface area contributed by atoms with Crippen LogP contribution in [-0.4, -0.2) is 92.2 Å². The molecule has 0 aromatic heterocycles. The number of sulfonamides is 1. The molecule has 1 unspecified atom stereocenters. The zero-order valence-corrected chi connectivity index (χ0v) is 23.9. The maximum absolute atomic E-state index is 13.2. The summed E-state index contributed by atoms with van der Waals surface area (Å²) in [5.74, 6) is -2.24. The molecule has 210 valence electrons. The Morgan fingerprint density at radius 2 is 2.03 bits per heavy atom. The smallest absolute Gasteiger partial charge is 0.353 e. The van der Waals surface area contributed by atoms with Crippen LogP contribution in [0.5, 0.6) is 5.75 Å². The minimum atomic E-state index is -3.96. The van der Waals surface area contributed by atoms with E-state index in [1.54, 1.807) is 34.0 Å². The summed E-state index contributed by atoms with van der Waals surface area (Å²) in [5, 5.41) is 13.2. The minimum absolute atomic E-state index is 0. The zero-order valence-electron chi connectivity index (χ0n) is 22.2. The van der Waals surface area contributed by atoms with Crippen LogP contribution in [0.2, 0.25) is 0 Å². The van der Waals surface area contributed by atoms with Crippen LogP contribution in [0.1, 0.15) is 27.3 Å². The predicted octanol–water partition coefficient (Wildman–Crippen LogP) is 1.24. The van der Waals surface area contributed by atoms with Gasteiger partial charge in [-0.1, -0.05) is 13.0 Å². The molecule has 13 heteroatoms. The summed E-state index contributed by atoms with van der Waals surface area (Å²) in [6.07, 6.45) is 0.545. The first kappa shape index (κ1) is 28.4. The molecular weight excluding hydrogens is 532 g/mol. The van der Waals surface area contributed by atoms with Crippen LogP contribution in [0.25, 0.3) is 0 Å². The molecule has 3 aliphatic heterocycles. The molecular formula is C25H36N4O7S2. The highest BCUT2D eigenvalue weighted by atomic mass is 32.2. The summed E-state index contributed by atoms with van der Waals surface area (Å²) in [6, 6.07) is 2.97. The van der Waals surface area contributed by atoms with Crippen molar-refractivity contribution in [2.24, 2.45) is 11.8 Å². The van der Waals surface area contributed by atoms with E-state index in [2.05, 4.69) is 10.0 Å². The number of aliphatic carboxylic acids is 1. The predicted molar refractivity (Wildman–Crippen MR) is 144 cm³/mol. The molecule has 3 N–H and O–H groups in total. The van der Waals surface area contributed by atoms with Crippen molar-refractivity contribution in [1.82, 2.24) is 19.8 Å². The van der Waals surface area contributed by atoms with E-state index in [0.717, 1.165) is 5.56 Å². The summed E-state index contributed by atoms with van der Waals surface area (Å²) in [6.45, 7) is 5.83. The quantitative estimate of drug-likeness (QED) is 0.375. The number of hydrogen-bond donors (Lipinski definition) is 3. The second-order valence-electron chi connectivity index (χ2n) is 10.2. The van der Waals surface area contributed by atoms with E-state index in [9.17, 15) is 27.9 Å². The molecule has 11 nitrogen and oxygen atoms in total. The van der Waals surface area contributed by atoms with E-state index in [1.165, 1.54) is 40.8 Å². The Kier molecular flexibility index (Phi) is 7.86. The number of amides is 2. The van der Waals surface area contributed by atoms with Crippen LogP contribution in [0.15, 0.2) is 33.7 Å². The number of hydrogen-bond acceptors (Lipinski definition) is 8. The molecule has 2 saturated heterocycles. The van der Waals surface area contributed by atoms with Crippen molar-refractivity contribution in [3.63, 3.8) is 0 Å². The highest BCUT2D eigenvalue weighted by Gasteiger charge is 2.60. The number of methoxy groups -OCH3 is 1. The number of carbonyl (C=O) groups is 3. The van der Waals surface area contributed by atoms with Crippen LogP contribution in [0, 0.1) is 18.8 Å². The molecule has 0 bridgehead atoms. The van der Waals surface area contributed by atoms with Crippen LogP contribution < -0.4 is 14.8 Å². The SMILES string of the molecule is COc1cc(S(=O)(=O)N[C@H](C)[C@H]2C(=O)N3C(C(=O)O)=C(S[C@@H]4CN[C@H](C(=O)N(C)C)C4)[C@H](C)C23)ccc1C.[HH]. The number of ether oxygens (including phenoxy) is 1. The van der Waals surface area contributed by atoms with Gasteiger partial charge in [-0.25, -0.2) is 17.9 Å². The van der Waals surface area contributed by atoms with Crippen LogP contribution in [0.4, 0.5) is 0 Å². The molecule has 3 aliphatic rings. The molecule has 0 aliphatic carbocycles. The number of aryl methyl sites for hydroxylation is 1. The number of β-lactam (4-membered cyclic amide) rings is 1. The van der Waals surface area contributed by atoms with Gasteiger partial charge in [0.05, 0.1) is 30.0 Å². The van der Waals surface area contributed by atoms with Gasteiger partial charge in [-0.05, 0) is 31.9 Å². The summed E-state index contributed by atoms with van der Waals surface area (Å²) >= 11 is 1.39. The van der Waals surface area contributed by atoms with Gasteiger partial charge in [-0.15, -0.1) is 11.8 Å². The van der Waals surface area contributed by atoms with Crippen molar-refractivity contribution in [3.8, 4) is 5.75 Å². The van der Waals surface area contributed by atoms with Crippen molar-refractivity contribution in [1.29, 1.82) is 0 Å². The van der Waals surface area contributed by atoms with E-state index in [0.29, 0.717) is 23.6 Å². The number of carboxylic acids is 1. The molecule has 2 amide bonds. The molecule has 38 heavy (non-hydrogen) atoms. The molecule has 2 fully saturated rings. The number of likely N-dealkylation sites (N-methyl/N-ethyl adjacent to an activating group) is 1. The Balaban J connectivity index is 0.00000420. The van der Waals surface area contributed by atoms with Gasteiger partial charge in [-0.2, -0.15) is 0 Å². The van der Waals surface area contributed by atoms with Gasteiger partial charge in [0.15, 0.2) is 0 Å². The van der Waals surface area contributed by atoms with Crippen molar-refractivity contribution in [2.45, 2.75) is 55.5 Å². The van der Waals surface area contributed by atoms with Gasteiger partial charge in [-0.3, -0.25) is 9.59 Å². The average Bonchev–Trinajstić information content (AvgIpc) is 3.40. The summed E-state index contributed by atoms with van der Waals surface area (Å²) in [4.78, 5) is 41.2. The Bertz CT molecular complexity index is 1300. The van der Waals surface area contributed by atoms with Gasteiger partial charge in [0.1, 0.15) is 11.4 Å². The van der Waals surface area contributed by atoms with Crippen molar-refractivity contribution >= 4 is 39.6 Å². The highest BCUT2D eigenvalue weighted by Crippen LogP contribution is 2.52. The Morgan fingerprint density at radius 1 is 1.34 bits per heavy atom. The van der Waals surface area contributed by atoms with Crippen LogP contribution in [0.3, 0.4) is 0 Å². The van der Waals surface area contributed by atoms with E-state index in [4.69, 9.17) is 4.74 Å². The van der Waals surface area contributed by atoms with Gasteiger partial charge in [0, 0.05) is 50.2 Å². The van der Waals surface area contributed by atoms with E-state index in [-0.39, 0.29) is 35.1 Å². The second-order valence-corrected chi connectivity index (χ2v) is 13.3. The second kappa shape index (κ2) is 10.5. The topological polar surface area (TPSA) is 145 Å². The lowest BCUT2D eigenvalue weighted by Crippen LogP contribution is -2.66.